The number of carboxylic acid groups (broad SMARTS) is 1. The number of amidine groups is 1. The van der Waals surface area contributed by atoms with Crippen molar-refractivity contribution >= 4 is 11.8 Å². The van der Waals surface area contributed by atoms with Crippen molar-refractivity contribution in [3.05, 3.63) is 12.4 Å². The first kappa shape index (κ1) is 20.8. The lowest BCUT2D eigenvalue weighted by atomic mass is 10.1. The van der Waals surface area contributed by atoms with E-state index >= 15 is 0 Å². The fourth-order valence-corrected chi connectivity index (χ4v) is 3.35. The van der Waals surface area contributed by atoms with Gasteiger partial charge in [0.1, 0.15) is 18.9 Å². The predicted molar refractivity (Wildman–Crippen MR) is 96.8 cm³/mol. The van der Waals surface area contributed by atoms with E-state index in [0.717, 1.165) is 25.1 Å². The summed E-state index contributed by atoms with van der Waals surface area (Å²) in [5.74, 6) is -0.233. The zero-order chi connectivity index (χ0) is 17.8. The maximum Gasteiger partial charge on any atom is 0.209 e. The fraction of sp³-hybridized carbons (Fsp3) is 0.789. The van der Waals surface area contributed by atoms with E-state index in [2.05, 4.69) is 11.9 Å². The van der Waals surface area contributed by atoms with Crippen molar-refractivity contribution in [3.8, 4) is 0 Å². The quantitative estimate of drug-likeness (QED) is 0.391. The number of carbonyl (C=O) groups is 1. The average Bonchev–Trinajstić information content (AvgIpc) is 2.92. The van der Waals surface area contributed by atoms with Crippen LogP contribution in [0.3, 0.4) is 0 Å². The molecule has 1 aliphatic rings. The smallest absolute Gasteiger partial charge is 0.209 e. The molecule has 1 heterocycles. The third-order valence-corrected chi connectivity index (χ3v) is 4.91. The zero-order valence-corrected chi connectivity index (χ0v) is 15.5. The molecule has 1 rings (SSSR count). The van der Waals surface area contributed by atoms with E-state index in [0.29, 0.717) is 0 Å². The number of carboxylic acids is 1. The van der Waals surface area contributed by atoms with Gasteiger partial charge < -0.3 is 9.90 Å². The van der Waals surface area contributed by atoms with Crippen molar-refractivity contribution < 1.29 is 14.4 Å². The Balaban J connectivity index is 2.21. The summed E-state index contributed by atoms with van der Waals surface area (Å²) in [5.41, 5.74) is 6.04. The van der Waals surface area contributed by atoms with Crippen LogP contribution in [0.5, 0.6) is 0 Å². The van der Waals surface area contributed by atoms with Crippen LogP contribution in [0.1, 0.15) is 84.5 Å². The zero-order valence-electron chi connectivity index (χ0n) is 15.5. The third-order valence-electron chi connectivity index (χ3n) is 4.91. The van der Waals surface area contributed by atoms with E-state index in [1.165, 1.54) is 51.4 Å². The summed E-state index contributed by atoms with van der Waals surface area (Å²) in [5, 5.41) is 11.1. The molecule has 138 valence electrons. The van der Waals surface area contributed by atoms with Crippen LogP contribution in [-0.4, -0.2) is 29.0 Å². The number of unbranched alkanes of at least 4 members (excludes halogenated alkanes) is 9. The predicted octanol–water partition coefficient (Wildman–Crippen LogP) is 3.05. The lowest BCUT2D eigenvalue weighted by Gasteiger charge is -2.36. The Morgan fingerprint density at radius 2 is 1.67 bits per heavy atom. The van der Waals surface area contributed by atoms with Gasteiger partial charge in [-0.1, -0.05) is 64.7 Å². The van der Waals surface area contributed by atoms with Crippen molar-refractivity contribution in [2.24, 2.45) is 10.7 Å². The van der Waals surface area contributed by atoms with Crippen molar-refractivity contribution in [1.29, 1.82) is 0 Å². The number of rotatable bonds is 14. The average molecular weight is 338 g/mol. The molecule has 0 saturated heterocycles. The monoisotopic (exact) mass is 337 g/mol. The maximum atomic E-state index is 11.1. The summed E-state index contributed by atoms with van der Waals surface area (Å²) < 4.78 is 0.111. The topological polar surface area (TPSA) is 78.5 Å². The van der Waals surface area contributed by atoms with Gasteiger partial charge in [0.2, 0.25) is 5.84 Å². The van der Waals surface area contributed by atoms with E-state index in [4.69, 9.17) is 5.73 Å². The molecular formula is C19H35N3O2. The van der Waals surface area contributed by atoms with Gasteiger partial charge in [-0.15, -0.1) is 0 Å². The molecule has 0 aromatic heterocycles. The van der Waals surface area contributed by atoms with E-state index in [-0.39, 0.29) is 17.2 Å². The molecule has 2 N–H and O–H groups in total. The van der Waals surface area contributed by atoms with Gasteiger partial charge in [0, 0.05) is 13.3 Å². The Morgan fingerprint density at radius 3 is 2.17 bits per heavy atom. The molecule has 0 fully saturated rings. The number of aliphatic imine (C=N–C) groups is 1. The summed E-state index contributed by atoms with van der Waals surface area (Å²) in [4.78, 5) is 15.5. The molecule has 0 aliphatic carbocycles. The molecule has 24 heavy (non-hydrogen) atoms. The fourth-order valence-electron chi connectivity index (χ4n) is 3.35. The molecule has 0 amide bonds. The van der Waals surface area contributed by atoms with Crippen LogP contribution < -0.4 is 10.8 Å². The van der Waals surface area contributed by atoms with Crippen LogP contribution in [0.15, 0.2) is 17.4 Å². The minimum atomic E-state index is -1.09. The normalized spacial score (nSPS) is 21.0. The summed E-state index contributed by atoms with van der Waals surface area (Å²) in [6.45, 7) is 3.94. The number of carbonyl (C=O) groups excluding carboxylic acids is 1. The van der Waals surface area contributed by atoms with Crippen molar-refractivity contribution in [3.63, 3.8) is 0 Å². The van der Waals surface area contributed by atoms with E-state index < -0.39 is 5.97 Å². The Hall–Kier alpha value is -1.20. The van der Waals surface area contributed by atoms with Crippen LogP contribution in [0.2, 0.25) is 0 Å². The van der Waals surface area contributed by atoms with Crippen LogP contribution in [0.4, 0.5) is 0 Å². The minimum absolute atomic E-state index is 0.111. The molecule has 0 saturated carbocycles. The Bertz CT molecular complexity index is 432. The highest BCUT2D eigenvalue weighted by Crippen LogP contribution is 2.23. The van der Waals surface area contributed by atoms with Gasteiger partial charge in [0.05, 0.1) is 12.2 Å². The largest absolute Gasteiger partial charge is 0.544 e. The van der Waals surface area contributed by atoms with Gasteiger partial charge in [0.25, 0.3) is 0 Å². The van der Waals surface area contributed by atoms with Crippen LogP contribution >= 0.6 is 0 Å². The lowest BCUT2D eigenvalue weighted by molar-refractivity contribution is -0.808. The van der Waals surface area contributed by atoms with Gasteiger partial charge in [-0.05, 0) is 6.42 Å². The number of nitrogens with two attached hydrogens (primary N) is 1. The van der Waals surface area contributed by atoms with Crippen molar-refractivity contribution in [1.82, 2.24) is 0 Å². The van der Waals surface area contributed by atoms with Gasteiger partial charge in [0.15, 0.2) is 0 Å². The highest BCUT2D eigenvalue weighted by atomic mass is 16.4. The highest BCUT2D eigenvalue weighted by Gasteiger charge is 2.38. The van der Waals surface area contributed by atoms with E-state index in [1.54, 1.807) is 12.4 Å². The molecule has 0 aromatic rings. The van der Waals surface area contributed by atoms with Gasteiger partial charge in [-0.25, -0.2) is 9.48 Å². The second-order valence-electron chi connectivity index (χ2n) is 6.98. The second kappa shape index (κ2) is 11.4. The molecule has 2 atom stereocenters. The number of hydrogen-bond acceptors (Lipinski definition) is 4. The maximum absolute atomic E-state index is 11.1. The highest BCUT2D eigenvalue weighted by molar-refractivity contribution is 5.81. The molecule has 5 nitrogen and oxygen atoms in total. The number of quaternary nitrogens is 1. The van der Waals surface area contributed by atoms with Crippen molar-refractivity contribution in [2.45, 2.75) is 90.6 Å². The molecule has 2 unspecified atom stereocenters. The number of aliphatic carboxylic acids is 1. The molecule has 0 radical (unpaired) electrons. The van der Waals surface area contributed by atoms with E-state index in [1.807, 2.05) is 6.92 Å². The van der Waals surface area contributed by atoms with Crippen LogP contribution in [0.25, 0.3) is 0 Å². The van der Waals surface area contributed by atoms with E-state index in [9.17, 15) is 9.90 Å². The standard InChI is InChI=1S/C19H35N3O2/c1-3-4-5-6-7-8-9-10-11-12-13-18-21-14-15-22(18,17(2)20)16-19(23)24/h14-15,17H,3-13,16,20H2,1-2H3. The molecule has 5 heteroatoms. The van der Waals surface area contributed by atoms with Crippen molar-refractivity contribution in [2.75, 3.05) is 6.54 Å². The summed E-state index contributed by atoms with van der Waals surface area (Å²) >= 11 is 0. The minimum Gasteiger partial charge on any atom is -0.544 e. The Morgan fingerprint density at radius 1 is 1.12 bits per heavy atom. The summed E-state index contributed by atoms with van der Waals surface area (Å²) in [7, 11) is 0. The first-order valence-corrected chi connectivity index (χ1v) is 9.60. The van der Waals surface area contributed by atoms with Crippen LogP contribution in [-0.2, 0) is 4.79 Å². The Kier molecular flexibility index (Phi) is 9.88. The van der Waals surface area contributed by atoms with Gasteiger partial charge >= 0.3 is 0 Å². The summed E-state index contributed by atoms with van der Waals surface area (Å²) in [6.07, 6.45) is 16.8. The lowest BCUT2D eigenvalue weighted by Crippen LogP contribution is -2.60. The molecule has 1 aliphatic heterocycles. The summed E-state index contributed by atoms with van der Waals surface area (Å²) in [6, 6.07) is 0. The Labute approximate surface area is 147 Å². The third kappa shape index (κ3) is 6.73. The van der Waals surface area contributed by atoms with Crippen LogP contribution in [0, 0.1) is 0 Å². The second-order valence-corrected chi connectivity index (χ2v) is 6.98. The van der Waals surface area contributed by atoms with Gasteiger partial charge in [-0.2, -0.15) is 0 Å². The first-order chi connectivity index (χ1) is 11.5. The molecule has 0 bridgehead atoms. The molecule has 0 aromatic carbocycles. The van der Waals surface area contributed by atoms with Gasteiger partial charge in [-0.3, -0.25) is 5.73 Å². The SMILES string of the molecule is CCCCCCCCCCCCC1=NC=C[N+]1(CC(=O)[O-])C(C)N. The number of hydrogen-bond donors (Lipinski definition) is 1. The molecular weight excluding hydrogens is 302 g/mol. The number of nitrogens with zero attached hydrogens (tertiary/aromatic N) is 2. The molecule has 0 spiro atoms. The first-order valence-electron chi connectivity index (χ1n) is 9.60.